The number of hydrogen-bond acceptors (Lipinski definition) is 4. The molecule has 0 fully saturated rings. The first-order valence-corrected chi connectivity index (χ1v) is 6.69. The second kappa shape index (κ2) is 7.62. The van der Waals surface area contributed by atoms with Gasteiger partial charge in [-0.3, -0.25) is 14.6 Å². The lowest BCUT2D eigenvalue weighted by atomic mass is 9.86. The van der Waals surface area contributed by atoms with Crippen molar-refractivity contribution < 1.29 is 14.3 Å². The molecule has 0 saturated heterocycles. The molecule has 3 unspecified atom stereocenters. The van der Waals surface area contributed by atoms with Gasteiger partial charge in [-0.1, -0.05) is 13.0 Å². The molecule has 110 valence electrons. The van der Waals surface area contributed by atoms with E-state index in [1.54, 1.807) is 19.3 Å². The van der Waals surface area contributed by atoms with Crippen molar-refractivity contribution in [3.63, 3.8) is 0 Å². The molecule has 1 aromatic heterocycles. The van der Waals surface area contributed by atoms with Crippen LogP contribution in [0.5, 0.6) is 0 Å². The zero-order chi connectivity index (χ0) is 15.1. The summed E-state index contributed by atoms with van der Waals surface area (Å²) in [7, 11) is 1.36. The van der Waals surface area contributed by atoms with Gasteiger partial charge in [0.25, 0.3) is 0 Å². The highest BCUT2D eigenvalue weighted by atomic mass is 16.5. The third-order valence-corrected chi connectivity index (χ3v) is 3.38. The Morgan fingerprint density at radius 1 is 1.40 bits per heavy atom. The summed E-state index contributed by atoms with van der Waals surface area (Å²) in [5.74, 6) is -0.765. The van der Waals surface area contributed by atoms with Crippen molar-refractivity contribution in [2.45, 2.75) is 33.2 Å². The summed E-state index contributed by atoms with van der Waals surface area (Å²) in [5, 5.41) is 2.85. The van der Waals surface area contributed by atoms with Gasteiger partial charge in [-0.2, -0.15) is 0 Å². The molecular weight excluding hydrogens is 256 g/mol. The fraction of sp³-hybridized carbons (Fsp3) is 0.533. The van der Waals surface area contributed by atoms with E-state index >= 15 is 0 Å². The molecule has 0 aliphatic heterocycles. The molecule has 3 atom stereocenters. The van der Waals surface area contributed by atoms with Crippen molar-refractivity contribution in [3.05, 3.63) is 30.1 Å². The zero-order valence-corrected chi connectivity index (χ0v) is 12.4. The average Bonchev–Trinajstić information content (AvgIpc) is 2.43. The minimum atomic E-state index is -0.393. The predicted molar refractivity (Wildman–Crippen MR) is 75.9 cm³/mol. The van der Waals surface area contributed by atoms with Gasteiger partial charge in [0.1, 0.15) is 0 Å². The highest BCUT2D eigenvalue weighted by Crippen LogP contribution is 2.19. The van der Waals surface area contributed by atoms with Gasteiger partial charge in [0.2, 0.25) is 5.91 Å². The van der Waals surface area contributed by atoms with Crippen LogP contribution in [-0.2, 0) is 20.7 Å². The lowest BCUT2D eigenvalue weighted by Crippen LogP contribution is -2.46. The molecule has 0 bridgehead atoms. The summed E-state index contributed by atoms with van der Waals surface area (Å²) in [4.78, 5) is 27.1. The number of ether oxygens (including phenoxy) is 1. The summed E-state index contributed by atoms with van der Waals surface area (Å²) in [6.07, 6.45) is 4.25. The standard InChI is InChI=1S/C15H22N2O3/c1-10(8-13-6-5-7-16-9-13)14(17-12(3)18)11(2)15(19)20-4/h5-7,9-11,14H,8H2,1-4H3,(H,17,18). The zero-order valence-electron chi connectivity index (χ0n) is 12.4. The second-order valence-electron chi connectivity index (χ2n) is 5.08. The Bertz CT molecular complexity index is 448. The molecule has 0 saturated carbocycles. The van der Waals surface area contributed by atoms with Crippen molar-refractivity contribution in [2.24, 2.45) is 11.8 Å². The van der Waals surface area contributed by atoms with Gasteiger partial charge in [-0.25, -0.2) is 0 Å². The number of methoxy groups -OCH3 is 1. The van der Waals surface area contributed by atoms with Crippen LogP contribution in [0.2, 0.25) is 0 Å². The number of hydrogen-bond donors (Lipinski definition) is 1. The number of aromatic nitrogens is 1. The summed E-state index contributed by atoms with van der Waals surface area (Å²) in [5.41, 5.74) is 1.08. The van der Waals surface area contributed by atoms with Crippen LogP contribution in [-0.4, -0.2) is 30.0 Å². The molecule has 1 rings (SSSR count). The van der Waals surface area contributed by atoms with Crippen molar-refractivity contribution >= 4 is 11.9 Å². The van der Waals surface area contributed by atoms with Gasteiger partial charge in [0.15, 0.2) is 0 Å². The van der Waals surface area contributed by atoms with Crippen LogP contribution in [0.3, 0.4) is 0 Å². The van der Waals surface area contributed by atoms with Crippen molar-refractivity contribution in [2.75, 3.05) is 7.11 Å². The minimum absolute atomic E-state index is 0.0946. The number of pyridine rings is 1. The highest BCUT2D eigenvalue weighted by molar-refractivity contribution is 5.76. The van der Waals surface area contributed by atoms with Gasteiger partial charge in [-0.15, -0.1) is 0 Å². The Morgan fingerprint density at radius 3 is 2.60 bits per heavy atom. The van der Waals surface area contributed by atoms with Gasteiger partial charge in [-0.05, 0) is 30.9 Å². The average molecular weight is 278 g/mol. The summed E-state index contributed by atoms with van der Waals surface area (Å²) < 4.78 is 4.77. The van der Waals surface area contributed by atoms with E-state index in [9.17, 15) is 9.59 Å². The van der Waals surface area contributed by atoms with E-state index in [2.05, 4.69) is 10.3 Å². The Kier molecular flexibility index (Phi) is 6.15. The van der Waals surface area contributed by atoms with E-state index in [1.165, 1.54) is 14.0 Å². The SMILES string of the molecule is COC(=O)C(C)C(NC(C)=O)C(C)Cc1cccnc1. The molecule has 0 aliphatic rings. The molecule has 1 N–H and O–H groups in total. The number of nitrogens with one attached hydrogen (secondary N) is 1. The monoisotopic (exact) mass is 278 g/mol. The lowest BCUT2D eigenvalue weighted by molar-refractivity contribution is -0.146. The van der Waals surface area contributed by atoms with E-state index < -0.39 is 5.92 Å². The maximum Gasteiger partial charge on any atom is 0.310 e. The van der Waals surface area contributed by atoms with Gasteiger partial charge < -0.3 is 10.1 Å². The highest BCUT2D eigenvalue weighted by Gasteiger charge is 2.30. The normalized spacial score (nSPS) is 15.0. The van der Waals surface area contributed by atoms with Crippen LogP contribution in [0.4, 0.5) is 0 Å². The van der Waals surface area contributed by atoms with E-state index in [-0.39, 0.29) is 23.8 Å². The minimum Gasteiger partial charge on any atom is -0.469 e. The summed E-state index contributed by atoms with van der Waals surface area (Å²) in [6.45, 7) is 5.23. The molecular formula is C15H22N2O3. The van der Waals surface area contributed by atoms with Crippen LogP contribution in [0.1, 0.15) is 26.3 Å². The number of amides is 1. The fourth-order valence-corrected chi connectivity index (χ4v) is 2.34. The third-order valence-electron chi connectivity index (χ3n) is 3.38. The second-order valence-corrected chi connectivity index (χ2v) is 5.08. The first-order valence-electron chi connectivity index (χ1n) is 6.69. The maximum absolute atomic E-state index is 11.7. The van der Waals surface area contributed by atoms with Crippen molar-refractivity contribution in [1.29, 1.82) is 0 Å². The fourth-order valence-electron chi connectivity index (χ4n) is 2.34. The van der Waals surface area contributed by atoms with E-state index in [0.717, 1.165) is 12.0 Å². The molecule has 0 aliphatic carbocycles. The van der Waals surface area contributed by atoms with Gasteiger partial charge in [0, 0.05) is 25.4 Å². The van der Waals surface area contributed by atoms with Crippen LogP contribution in [0.25, 0.3) is 0 Å². The lowest BCUT2D eigenvalue weighted by Gasteiger charge is -2.28. The first-order chi connectivity index (χ1) is 9.45. The number of nitrogens with zero attached hydrogens (tertiary/aromatic N) is 1. The van der Waals surface area contributed by atoms with Crippen molar-refractivity contribution in [1.82, 2.24) is 10.3 Å². The molecule has 0 aromatic carbocycles. The number of esters is 1. The Morgan fingerprint density at radius 2 is 2.10 bits per heavy atom. The van der Waals surface area contributed by atoms with Crippen LogP contribution in [0, 0.1) is 11.8 Å². The summed E-state index contributed by atoms with van der Waals surface area (Å²) in [6, 6.07) is 3.59. The molecule has 1 amide bonds. The first kappa shape index (κ1) is 16.1. The number of carbonyl (C=O) groups is 2. The maximum atomic E-state index is 11.7. The van der Waals surface area contributed by atoms with Gasteiger partial charge in [0.05, 0.1) is 13.0 Å². The smallest absolute Gasteiger partial charge is 0.310 e. The van der Waals surface area contributed by atoms with Gasteiger partial charge >= 0.3 is 5.97 Å². The van der Waals surface area contributed by atoms with Crippen LogP contribution < -0.4 is 5.32 Å². The molecule has 0 radical (unpaired) electrons. The molecule has 1 heterocycles. The quantitative estimate of drug-likeness (QED) is 0.802. The summed E-state index contributed by atoms with van der Waals surface area (Å²) >= 11 is 0. The Hall–Kier alpha value is -1.91. The predicted octanol–water partition coefficient (Wildman–Crippen LogP) is 1.57. The van der Waals surface area contributed by atoms with E-state index in [1.807, 2.05) is 19.1 Å². The number of rotatable bonds is 6. The topological polar surface area (TPSA) is 68.3 Å². The molecule has 0 spiro atoms. The van der Waals surface area contributed by atoms with E-state index in [4.69, 9.17) is 4.74 Å². The van der Waals surface area contributed by atoms with Crippen LogP contribution in [0.15, 0.2) is 24.5 Å². The Labute approximate surface area is 119 Å². The Balaban J connectivity index is 2.81. The molecule has 20 heavy (non-hydrogen) atoms. The largest absolute Gasteiger partial charge is 0.469 e. The third kappa shape index (κ3) is 4.64. The van der Waals surface area contributed by atoms with Crippen molar-refractivity contribution in [3.8, 4) is 0 Å². The molecule has 1 aromatic rings. The number of carbonyl (C=O) groups excluding carboxylic acids is 2. The van der Waals surface area contributed by atoms with Crippen LogP contribution >= 0.6 is 0 Å². The van der Waals surface area contributed by atoms with E-state index in [0.29, 0.717) is 0 Å². The molecule has 5 nitrogen and oxygen atoms in total. The molecule has 5 heteroatoms.